The zero-order chi connectivity index (χ0) is 16.4. The Hall–Kier alpha value is -2.96. The van der Waals surface area contributed by atoms with Crippen molar-refractivity contribution in [3.8, 4) is 5.75 Å². The molecule has 7 nitrogen and oxygen atoms in total. The molecule has 0 spiro atoms. The lowest BCUT2D eigenvalue weighted by molar-refractivity contribution is 0.101. The lowest BCUT2D eigenvalue weighted by Crippen LogP contribution is -2.15. The number of aromatic nitrogens is 4. The number of amides is 1. The number of para-hydroxylation sites is 2. The Labute approximate surface area is 133 Å². The fourth-order valence-corrected chi connectivity index (χ4v) is 2.29. The van der Waals surface area contributed by atoms with Gasteiger partial charge in [-0.05, 0) is 39.0 Å². The van der Waals surface area contributed by atoms with Crippen LogP contribution in [0.1, 0.15) is 28.9 Å². The quantitative estimate of drug-likeness (QED) is 0.800. The molecule has 3 rings (SSSR count). The number of anilines is 1. The monoisotopic (exact) mass is 311 g/mol. The number of aryl methyl sites for hydroxylation is 2. The Morgan fingerprint density at radius 3 is 2.83 bits per heavy atom. The molecule has 0 unspecified atom stereocenters. The standard InChI is InChI=1S/C16H17N5O2/c1-4-23-13-8-6-5-7-12(13)18-15(22)14-19-16-17-10(2)9-11(3)21(16)20-14/h5-9H,4H2,1-3H3,(H,18,22). The minimum absolute atomic E-state index is 0.0671. The molecular weight excluding hydrogens is 294 g/mol. The molecule has 0 atom stereocenters. The molecule has 7 heteroatoms. The summed E-state index contributed by atoms with van der Waals surface area (Å²) in [4.78, 5) is 20.9. The normalized spacial score (nSPS) is 10.7. The predicted molar refractivity (Wildman–Crippen MR) is 85.8 cm³/mol. The largest absolute Gasteiger partial charge is 0.492 e. The highest BCUT2D eigenvalue weighted by atomic mass is 16.5. The second-order valence-corrected chi connectivity index (χ2v) is 5.07. The first-order chi connectivity index (χ1) is 11.1. The number of rotatable bonds is 4. The van der Waals surface area contributed by atoms with Crippen LogP contribution in [0.5, 0.6) is 5.75 Å². The van der Waals surface area contributed by atoms with E-state index < -0.39 is 5.91 Å². The first-order valence-corrected chi connectivity index (χ1v) is 7.32. The summed E-state index contributed by atoms with van der Waals surface area (Å²) in [5.74, 6) is 0.681. The van der Waals surface area contributed by atoms with Gasteiger partial charge in [-0.3, -0.25) is 4.79 Å². The van der Waals surface area contributed by atoms with E-state index in [9.17, 15) is 4.79 Å². The van der Waals surface area contributed by atoms with E-state index in [1.807, 2.05) is 39.0 Å². The average Bonchev–Trinajstić information content (AvgIpc) is 2.94. The third kappa shape index (κ3) is 2.98. The molecule has 0 aliphatic rings. The number of benzene rings is 1. The van der Waals surface area contributed by atoms with E-state index in [-0.39, 0.29) is 5.82 Å². The van der Waals surface area contributed by atoms with Crippen molar-refractivity contribution in [2.45, 2.75) is 20.8 Å². The molecule has 0 aliphatic heterocycles. The number of nitrogens with zero attached hydrogens (tertiary/aromatic N) is 4. The van der Waals surface area contributed by atoms with E-state index >= 15 is 0 Å². The van der Waals surface area contributed by atoms with Crippen LogP contribution in [0.25, 0.3) is 5.78 Å². The first-order valence-electron chi connectivity index (χ1n) is 7.32. The Morgan fingerprint density at radius 1 is 1.26 bits per heavy atom. The molecule has 0 aliphatic carbocycles. The summed E-state index contributed by atoms with van der Waals surface area (Å²) in [7, 11) is 0. The molecule has 23 heavy (non-hydrogen) atoms. The van der Waals surface area contributed by atoms with E-state index in [0.29, 0.717) is 23.8 Å². The van der Waals surface area contributed by atoms with Crippen molar-refractivity contribution in [3.63, 3.8) is 0 Å². The van der Waals surface area contributed by atoms with Crippen LogP contribution < -0.4 is 10.1 Å². The predicted octanol–water partition coefficient (Wildman–Crippen LogP) is 2.39. The molecule has 3 aromatic rings. The number of ether oxygens (including phenoxy) is 1. The van der Waals surface area contributed by atoms with Gasteiger partial charge in [0.1, 0.15) is 5.75 Å². The molecule has 2 aromatic heterocycles. The van der Waals surface area contributed by atoms with E-state index in [1.165, 1.54) is 0 Å². The molecule has 2 heterocycles. The van der Waals surface area contributed by atoms with Gasteiger partial charge in [0, 0.05) is 11.4 Å². The van der Waals surface area contributed by atoms with Crippen molar-refractivity contribution in [1.82, 2.24) is 19.6 Å². The Bertz CT molecular complexity index is 872. The van der Waals surface area contributed by atoms with Crippen LogP contribution in [0.3, 0.4) is 0 Å². The topological polar surface area (TPSA) is 81.4 Å². The smallest absolute Gasteiger partial charge is 0.295 e. The maximum Gasteiger partial charge on any atom is 0.295 e. The highest BCUT2D eigenvalue weighted by Crippen LogP contribution is 2.24. The molecule has 0 saturated carbocycles. The van der Waals surface area contributed by atoms with Crippen molar-refractivity contribution in [1.29, 1.82) is 0 Å². The minimum atomic E-state index is -0.403. The number of fused-ring (bicyclic) bond motifs is 1. The summed E-state index contributed by atoms with van der Waals surface area (Å²) in [6.07, 6.45) is 0. The van der Waals surface area contributed by atoms with Crippen molar-refractivity contribution in [3.05, 3.63) is 47.5 Å². The maximum atomic E-state index is 12.4. The number of carbonyl (C=O) groups is 1. The van der Waals surface area contributed by atoms with Crippen molar-refractivity contribution in [2.24, 2.45) is 0 Å². The molecule has 1 N–H and O–H groups in total. The third-order valence-electron chi connectivity index (χ3n) is 3.26. The highest BCUT2D eigenvalue weighted by Gasteiger charge is 2.16. The van der Waals surface area contributed by atoms with Gasteiger partial charge >= 0.3 is 0 Å². The van der Waals surface area contributed by atoms with Gasteiger partial charge in [0.2, 0.25) is 5.82 Å². The zero-order valence-electron chi connectivity index (χ0n) is 13.2. The lowest BCUT2D eigenvalue weighted by Gasteiger charge is -2.09. The van der Waals surface area contributed by atoms with Gasteiger partial charge < -0.3 is 10.1 Å². The van der Waals surface area contributed by atoms with Gasteiger partial charge in [-0.1, -0.05) is 12.1 Å². The van der Waals surface area contributed by atoms with E-state index in [4.69, 9.17) is 4.74 Å². The SMILES string of the molecule is CCOc1ccccc1NC(=O)c1nc2nc(C)cc(C)n2n1. The number of carbonyl (C=O) groups excluding carboxylic acids is 1. The maximum absolute atomic E-state index is 12.4. The summed E-state index contributed by atoms with van der Waals surface area (Å²) >= 11 is 0. The Kier molecular flexibility index (Phi) is 3.92. The molecule has 1 aromatic carbocycles. The zero-order valence-corrected chi connectivity index (χ0v) is 13.2. The van der Waals surface area contributed by atoms with Crippen LogP contribution in [0, 0.1) is 13.8 Å². The summed E-state index contributed by atoms with van der Waals surface area (Å²) in [5, 5.41) is 6.99. The molecule has 0 radical (unpaired) electrons. The van der Waals surface area contributed by atoms with Crippen LogP contribution in [0.2, 0.25) is 0 Å². The molecule has 0 bridgehead atoms. The minimum Gasteiger partial charge on any atom is -0.492 e. The number of nitrogens with one attached hydrogen (secondary N) is 1. The third-order valence-corrected chi connectivity index (χ3v) is 3.26. The number of hydrogen-bond donors (Lipinski definition) is 1. The van der Waals surface area contributed by atoms with Gasteiger partial charge in [0.15, 0.2) is 0 Å². The van der Waals surface area contributed by atoms with Crippen molar-refractivity contribution >= 4 is 17.4 Å². The van der Waals surface area contributed by atoms with E-state index in [2.05, 4.69) is 20.4 Å². The summed E-state index contributed by atoms with van der Waals surface area (Å²) < 4.78 is 7.05. The Morgan fingerprint density at radius 2 is 2.04 bits per heavy atom. The second-order valence-electron chi connectivity index (χ2n) is 5.07. The molecule has 0 fully saturated rings. The highest BCUT2D eigenvalue weighted by molar-refractivity contribution is 6.02. The van der Waals surface area contributed by atoms with Crippen molar-refractivity contribution in [2.75, 3.05) is 11.9 Å². The molecule has 1 amide bonds. The van der Waals surface area contributed by atoms with Gasteiger partial charge in [-0.2, -0.15) is 4.98 Å². The van der Waals surface area contributed by atoms with Crippen LogP contribution in [0.15, 0.2) is 30.3 Å². The van der Waals surface area contributed by atoms with E-state index in [1.54, 1.807) is 16.6 Å². The summed E-state index contributed by atoms with van der Waals surface area (Å²) in [6, 6.07) is 9.12. The van der Waals surface area contributed by atoms with Gasteiger partial charge in [0.05, 0.1) is 12.3 Å². The van der Waals surface area contributed by atoms with E-state index in [0.717, 1.165) is 11.4 Å². The van der Waals surface area contributed by atoms with Gasteiger partial charge in [0.25, 0.3) is 11.7 Å². The van der Waals surface area contributed by atoms with Crippen LogP contribution in [-0.4, -0.2) is 32.1 Å². The Balaban J connectivity index is 1.91. The second kappa shape index (κ2) is 6.04. The lowest BCUT2D eigenvalue weighted by atomic mass is 10.3. The molecule has 118 valence electrons. The molecule has 0 saturated heterocycles. The van der Waals surface area contributed by atoms with Crippen LogP contribution in [-0.2, 0) is 0 Å². The fourth-order valence-electron chi connectivity index (χ4n) is 2.29. The summed E-state index contributed by atoms with van der Waals surface area (Å²) in [5.41, 5.74) is 2.28. The fraction of sp³-hybridized carbons (Fsp3) is 0.250. The molecular formula is C16H17N5O2. The van der Waals surface area contributed by atoms with Crippen molar-refractivity contribution < 1.29 is 9.53 Å². The average molecular weight is 311 g/mol. The summed E-state index contributed by atoms with van der Waals surface area (Å²) in [6.45, 7) is 6.17. The van der Waals surface area contributed by atoms with Crippen LogP contribution >= 0.6 is 0 Å². The van der Waals surface area contributed by atoms with Crippen LogP contribution in [0.4, 0.5) is 5.69 Å². The first kappa shape index (κ1) is 15.0. The van der Waals surface area contributed by atoms with Gasteiger partial charge in [-0.25, -0.2) is 9.50 Å². The van der Waals surface area contributed by atoms with Gasteiger partial charge in [-0.15, -0.1) is 5.10 Å². The number of hydrogen-bond acceptors (Lipinski definition) is 5.